The highest BCUT2D eigenvalue weighted by Gasteiger charge is 2.13. The summed E-state index contributed by atoms with van der Waals surface area (Å²) in [5.74, 6) is 0.817. The van der Waals surface area contributed by atoms with Crippen LogP contribution in [0, 0.1) is 0 Å². The standard InChI is InChI=1S/C20H32N4O.HI/c1-5-8-12-15-23(4)20(21-6-2)22-16-19(25)24(7-3)17-18-13-10-9-11-14-18;/h5,9-11,13-14H,1,6-8,12,15-17H2,2-4H3,(H,21,22);1H. The molecule has 0 radical (unpaired) electrons. The number of likely N-dealkylation sites (N-methyl/N-ethyl adjacent to an activating group) is 1. The molecular weight excluding hydrogens is 439 g/mol. The molecule has 0 unspecified atom stereocenters. The van der Waals surface area contributed by atoms with E-state index in [1.807, 2.05) is 62.2 Å². The van der Waals surface area contributed by atoms with E-state index in [0.29, 0.717) is 13.1 Å². The van der Waals surface area contributed by atoms with Crippen LogP contribution in [0.4, 0.5) is 0 Å². The minimum absolute atomic E-state index is 0. The lowest BCUT2D eigenvalue weighted by Crippen LogP contribution is -2.40. The number of allylic oxidation sites excluding steroid dienone is 1. The summed E-state index contributed by atoms with van der Waals surface area (Å²) in [6, 6.07) is 10.0. The number of carbonyl (C=O) groups excluding carboxylic acids is 1. The van der Waals surface area contributed by atoms with Crippen LogP contribution in [0.2, 0.25) is 0 Å². The Hall–Kier alpha value is -1.57. The smallest absolute Gasteiger partial charge is 0.244 e. The van der Waals surface area contributed by atoms with Crippen LogP contribution >= 0.6 is 24.0 Å². The second-order valence-corrected chi connectivity index (χ2v) is 5.92. The van der Waals surface area contributed by atoms with Crippen molar-refractivity contribution in [2.75, 3.05) is 33.2 Å². The number of rotatable bonds is 10. The Bertz CT molecular complexity index is 548. The Morgan fingerprint density at radius 3 is 2.54 bits per heavy atom. The minimum atomic E-state index is 0. The zero-order valence-corrected chi connectivity index (χ0v) is 18.6. The Kier molecular flexibility index (Phi) is 13.7. The van der Waals surface area contributed by atoms with Crippen molar-refractivity contribution in [3.05, 3.63) is 48.6 Å². The van der Waals surface area contributed by atoms with Crippen molar-refractivity contribution in [2.45, 2.75) is 33.2 Å². The number of carbonyl (C=O) groups is 1. The molecule has 6 heteroatoms. The van der Waals surface area contributed by atoms with Crippen molar-refractivity contribution in [3.63, 3.8) is 0 Å². The molecule has 0 aliphatic rings. The summed E-state index contributed by atoms with van der Waals surface area (Å²) in [5.41, 5.74) is 1.13. The van der Waals surface area contributed by atoms with Crippen LogP contribution in [0.25, 0.3) is 0 Å². The van der Waals surface area contributed by atoms with Gasteiger partial charge in [0.25, 0.3) is 0 Å². The van der Waals surface area contributed by atoms with E-state index in [2.05, 4.69) is 21.8 Å². The molecule has 26 heavy (non-hydrogen) atoms. The monoisotopic (exact) mass is 472 g/mol. The highest BCUT2D eigenvalue weighted by molar-refractivity contribution is 14.0. The van der Waals surface area contributed by atoms with Crippen LogP contribution in [-0.4, -0.2) is 54.9 Å². The average molecular weight is 472 g/mol. The van der Waals surface area contributed by atoms with E-state index in [-0.39, 0.29) is 36.4 Å². The number of halogens is 1. The van der Waals surface area contributed by atoms with Gasteiger partial charge in [-0.1, -0.05) is 36.4 Å². The van der Waals surface area contributed by atoms with Gasteiger partial charge in [0.2, 0.25) is 5.91 Å². The number of aliphatic imine (C=N–C) groups is 1. The molecule has 146 valence electrons. The van der Waals surface area contributed by atoms with Crippen LogP contribution < -0.4 is 5.32 Å². The van der Waals surface area contributed by atoms with Crippen molar-refractivity contribution >= 4 is 35.8 Å². The second kappa shape index (κ2) is 14.6. The van der Waals surface area contributed by atoms with Crippen LogP contribution in [-0.2, 0) is 11.3 Å². The maximum absolute atomic E-state index is 12.5. The molecule has 1 rings (SSSR count). The Balaban J connectivity index is 0.00000625. The third kappa shape index (κ3) is 9.22. The fourth-order valence-electron chi connectivity index (χ4n) is 2.47. The van der Waals surface area contributed by atoms with Crippen molar-refractivity contribution < 1.29 is 4.79 Å². The van der Waals surface area contributed by atoms with E-state index in [9.17, 15) is 4.79 Å². The first kappa shape index (κ1) is 24.4. The lowest BCUT2D eigenvalue weighted by molar-refractivity contribution is -0.130. The van der Waals surface area contributed by atoms with E-state index in [4.69, 9.17) is 0 Å². The molecule has 0 heterocycles. The molecule has 0 fully saturated rings. The summed E-state index contributed by atoms with van der Waals surface area (Å²) in [6.45, 7) is 10.9. The molecule has 0 bridgehead atoms. The Labute approximate surface area is 175 Å². The lowest BCUT2D eigenvalue weighted by Gasteiger charge is -2.23. The molecule has 0 aliphatic carbocycles. The molecule has 1 aromatic carbocycles. The average Bonchev–Trinajstić information content (AvgIpc) is 2.63. The summed E-state index contributed by atoms with van der Waals surface area (Å²) in [6.07, 6.45) is 3.92. The summed E-state index contributed by atoms with van der Waals surface area (Å²) >= 11 is 0. The van der Waals surface area contributed by atoms with E-state index in [1.54, 1.807) is 0 Å². The lowest BCUT2D eigenvalue weighted by atomic mass is 10.2. The minimum Gasteiger partial charge on any atom is -0.357 e. The summed E-state index contributed by atoms with van der Waals surface area (Å²) in [4.78, 5) is 20.9. The van der Waals surface area contributed by atoms with Crippen LogP contribution in [0.3, 0.4) is 0 Å². The molecule has 5 nitrogen and oxygen atoms in total. The van der Waals surface area contributed by atoms with Gasteiger partial charge in [0.1, 0.15) is 6.54 Å². The highest BCUT2D eigenvalue weighted by Crippen LogP contribution is 2.05. The van der Waals surface area contributed by atoms with Gasteiger partial charge in [0.05, 0.1) is 0 Å². The second-order valence-electron chi connectivity index (χ2n) is 5.92. The third-order valence-corrected chi connectivity index (χ3v) is 3.91. The molecule has 0 aliphatic heterocycles. The number of hydrogen-bond donors (Lipinski definition) is 1. The number of unbranched alkanes of at least 4 members (excludes halogenated alkanes) is 1. The highest BCUT2D eigenvalue weighted by atomic mass is 127. The Morgan fingerprint density at radius 1 is 1.27 bits per heavy atom. The van der Waals surface area contributed by atoms with Gasteiger partial charge in [-0.2, -0.15) is 0 Å². The molecule has 0 aromatic heterocycles. The van der Waals surface area contributed by atoms with Crippen molar-refractivity contribution in [1.82, 2.24) is 15.1 Å². The van der Waals surface area contributed by atoms with Crippen molar-refractivity contribution in [1.29, 1.82) is 0 Å². The van der Waals surface area contributed by atoms with Crippen molar-refractivity contribution in [2.24, 2.45) is 4.99 Å². The van der Waals surface area contributed by atoms with E-state index in [1.165, 1.54) is 0 Å². The molecule has 0 atom stereocenters. The van der Waals surface area contributed by atoms with Crippen molar-refractivity contribution in [3.8, 4) is 0 Å². The predicted molar refractivity (Wildman–Crippen MR) is 121 cm³/mol. The molecule has 1 N–H and O–H groups in total. The Morgan fingerprint density at radius 2 is 1.96 bits per heavy atom. The summed E-state index contributed by atoms with van der Waals surface area (Å²) in [5, 5.41) is 3.25. The van der Waals surface area contributed by atoms with Gasteiger partial charge in [-0.25, -0.2) is 4.99 Å². The van der Waals surface area contributed by atoms with Gasteiger partial charge in [0, 0.05) is 33.2 Å². The normalized spacial score (nSPS) is 10.7. The van der Waals surface area contributed by atoms with Gasteiger partial charge in [-0.3, -0.25) is 4.79 Å². The maximum atomic E-state index is 12.5. The van der Waals surface area contributed by atoms with Crippen LogP contribution in [0.5, 0.6) is 0 Å². The van der Waals surface area contributed by atoms with Gasteiger partial charge in [-0.15, -0.1) is 30.6 Å². The van der Waals surface area contributed by atoms with Gasteiger partial charge in [-0.05, 0) is 32.3 Å². The molecule has 0 saturated heterocycles. The molecule has 1 amide bonds. The third-order valence-electron chi connectivity index (χ3n) is 3.91. The molecule has 0 spiro atoms. The van der Waals surface area contributed by atoms with Gasteiger partial charge < -0.3 is 15.1 Å². The fraction of sp³-hybridized carbons (Fsp3) is 0.500. The number of guanidine groups is 1. The van der Waals surface area contributed by atoms with Crippen LogP contribution in [0.15, 0.2) is 48.0 Å². The quantitative estimate of drug-likeness (QED) is 0.186. The van der Waals surface area contributed by atoms with Crippen LogP contribution in [0.1, 0.15) is 32.3 Å². The van der Waals surface area contributed by atoms with E-state index in [0.717, 1.165) is 37.5 Å². The van der Waals surface area contributed by atoms with E-state index >= 15 is 0 Å². The van der Waals surface area contributed by atoms with Gasteiger partial charge in [0.15, 0.2) is 5.96 Å². The predicted octanol–water partition coefficient (Wildman–Crippen LogP) is 3.52. The molecule has 1 aromatic rings. The summed E-state index contributed by atoms with van der Waals surface area (Å²) in [7, 11) is 2.00. The number of amides is 1. The van der Waals surface area contributed by atoms with E-state index < -0.39 is 0 Å². The first-order chi connectivity index (χ1) is 12.1. The maximum Gasteiger partial charge on any atom is 0.244 e. The zero-order chi connectivity index (χ0) is 18.5. The fourth-order valence-corrected chi connectivity index (χ4v) is 2.47. The number of nitrogens with one attached hydrogen (secondary N) is 1. The van der Waals surface area contributed by atoms with Gasteiger partial charge >= 0.3 is 0 Å². The summed E-state index contributed by atoms with van der Waals surface area (Å²) < 4.78 is 0. The number of nitrogens with zero attached hydrogens (tertiary/aromatic N) is 3. The molecule has 0 saturated carbocycles. The topological polar surface area (TPSA) is 47.9 Å². The SMILES string of the molecule is C=CCCCN(C)C(=NCC(=O)N(CC)Cc1ccccc1)NCC.I. The first-order valence-electron chi connectivity index (χ1n) is 9.04. The largest absolute Gasteiger partial charge is 0.357 e. The molecular formula is C20H33IN4O. The first-order valence-corrected chi connectivity index (χ1v) is 9.04. The number of benzene rings is 1. The number of hydrogen-bond acceptors (Lipinski definition) is 2. The zero-order valence-electron chi connectivity index (χ0n) is 16.3.